The maximum absolute atomic E-state index is 11.9. The van der Waals surface area contributed by atoms with Gasteiger partial charge in [-0.05, 0) is 267 Å². The minimum Gasteiger partial charge on any atom is -0.486 e. The lowest BCUT2D eigenvalue weighted by atomic mass is 9.91. The van der Waals surface area contributed by atoms with Gasteiger partial charge in [0.15, 0.2) is 0 Å². The molecule has 4 N–H and O–H groups in total. The quantitative estimate of drug-likeness (QED) is 0.0135. The molecule has 0 spiro atoms. The molecule has 4 aromatic heterocycles. The second-order valence-corrected chi connectivity index (χ2v) is 32.6. The Hall–Kier alpha value is -12.5. The lowest BCUT2D eigenvalue weighted by Gasteiger charge is -2.26. The van der Waals surface area contributed by atoms with Crippen LogP contribution < -0.4 is 4.90 Å². The predicted molar refractivity (Wildman–Crippen MR) is 510 cm³/mol. The number of aliphatic carboxylic acids is 1. The van der Waals surface area contributed by atoms with Crippen LogP contribution in [0, 0.1) is 6.57 Å². The first-order chi connectivity index (χ1) is 59.0. The number of carboxylic acids is 1. The van der Waals surface area contributed by atoms with E-state index in [0.717, 1.165) is 275 Å². The smallest absolute Gasteiger partial charge is 0.333 e. The molecule has 11 nitrogen and oxygen atoms in total. The van der Waals surface area contributed by atoms with Gasteiger partial charge in [0.25, 0.3) is 5.70 Å². The minimum absolute atomic E-state index is 0.342. The SMILES string of the molecule is [C-]#[N+]/C(=C\c1ccc(N(c2ccc(/C=C/c3ccc(/C4=C5C=C/C(=C(\CCCCC)C6=N/C(=C(/CCCCC)c7ccc([nH]7)/C(CCCCC)=C7/C=CC4=N7)C=C6)C\5)cc3)cc2)c2ccc(/C=C/c3ccc(-c4c5nc(c(CCCCC)c6ccc([nH]6)c(CCCCC)c6nc(c(CCCCC)c7ccc4[nH]7)C=C6)C=C5)cc3)cc2)cc1)C(=O)O. The van der Waals surface area contributed by atoms with Crippen molar-refractivity contribution < 1.29 is 9.90 Å². The summed E-state index contributed by atoms with van der Waals surface area (Å²) in [6.07, 6.45) is 59.9. The van der Waals surface area contributed by atoms with E-state index in [4.69, 9.17) is 26.5 Å². The number of carboxylic acid groups (broad SMARTS) is 1. The van der Waals surface area contributed by atoms with E-state index < -0.39 is 5.97 Å². The number of aromatic nitrogens is 5. The summed E-state index contributed by atoms with van der Waals surface area (Å²) in [5.74, 6) is -1.26. The molecule has 5 aromatic carbocycles. The van der Waals surface area contributed by atoms with E-state index in [1.807, 2.05) is 24.3 Å². The average Bonchev–Trinajstić information content (AvgIpc) is 1.68. The summed E-state index contributed by atoms with van der Waals surface area (Å²) >= 11 is 0. The van der Waals surface area contributed by atoms with Gasteiger partial charge in [-0.25, -0.2) is 24.8 Å². The van der Waals surface area contributed by atoms with Crippen LogP contribution in [0.3, 0.4) is 0 Å². The molecule has 0 atom stereocenters. The number of anilines is 3. The number of benzene rings is 5. The van der Waals surface area contributed by atoms with Crippen LogP contribution in [0.4, 0.5) is 17.1 Å². The molecule has 120 heavy (non-hydrogen) atoms. The van der Waals surface area contributed by atoms with Gasteiger partial charge in [-0.1, -0.05) is 240 Å². The average molecular weight is 1580 g/mol. The van der Waals surface area contributed by atoms with Gasteiger partial charge in [0.2, 0.25) is 0 Å². The Morgan fingerprint density at radius 2 is 0.758 bits per heavy atom. The summed E-state index contributed by atoms with van der Waals surface area (Å²) in [6, 6.07) is 56.2. The van der Waals surface area contributed by atoms with E-state index in [9.17, 15) is 9.90 Å². The highest BCUT2D eigenvalue weighted by Crippen LogP contribution is 2.43. The van der Waals surface area contributed by atoms with Crippen molar-refractivity contribution in [3.8, 4) is 11.1 Å². The molecule has 15 rings (SSSR count). The van der Waals surface area contributed by atoms with Crippen LogP contribution in [0.5, 0.6) is 0 Å². The number of unbranched alkanes of at least 4 members (excludes halogenated alkanes) is 12. The maximum Gasteiger partial charge on any atom is 0.333 e. The number of carbonyl (C=O) groups is 1. The highest BCUT2D eigenvalue weighted by atomic mass is 16.4. The fraction of sp³-hybridized carbons (Fsp3) is 0.284. The Balaban J connectivity index is 0.714. The first-order valence-electron chi connectivity index (χ1n) is 44.4. The van der Waals surface area contributed by atoms with Gasteiger partial charge in [0.05, 0.1) is 52.2 Å². The van der Waals surface area contributed by atoms with E-state index in [0.29, 0.717) is 5.56 Å². The van der Waals surface area contributed by atoms with E-state index in [2.05, 4.69) is 285 Å². The van der Waals surface area contributed by atoms with Crippen LogP contribution in [0.15, 0.2) is 238 Å². The van der Waals surface area contributed by atoms with E-state index in [-0.39, 0.29) is 5.70 Å². The van der Waals surface area contributed by atoms with Gasteiger partial charge in [0.1, 0.15) is 0 Å². The van der Waals surface area contributed by atoms with Crippen LogP contribution >= 0.6 is 0 Å². The van der Waals surface area contributed by atoms with Crippen molar-refractivity contribution in [2.75, 3.05) is 4.90 Å². The molecule has 0 unspecified atom stereocenters. The molecule has 11 heteroatoms. The standard InChI is InChI=1S/C109H113N9O2/c1-8-14-20-26-86-81-50-51-82(73-81)107(103-69-66-100(115-103)89(29-23-17-11-4)97-63-60-94(112-97)87(27-21-15-9-2)93-59-58-92(86)111-93)79-46-36-74(37-47-79)32-34-76-40-52-83(53-41-76)118(85-56-44-78(45-57-85)72-106(110-7)109(119)120)84-54-42-77(43-55-84)35-33-75-38-48-80(49-39-75)108-104-70-67-101(116-104)90(30-24-18-12-5)98-64-61-95(113-98)88(28-22-16-10-3)96-62-65-99(114-96)91(31-25-19-13-6)102-68-71-105(108)117-102/h32-72,112-113,117H,8-31,73H2,1-6H3,(H,119,120)/b34-32+,35-33+,86-81-,92-86?,93-87-,94-87?,95-88?,96-88?,97-89?,98-90?,99-91?,100-89-,101-90?,102-91?,106-72-,107-82-,107-103?,108-104?,108-105?. The molecule has 0 radical (unpaired) electrons. The van der Waals surface area contributed by atoms with Gasteiger partial charge >= 0.3 is 5.97 Å². The number of hydrogen-bond donors (Lipinski definition) is 4. The Labute approximate surface area is 710 Å². The summed E-state index contributed by atoms with van der Waals surface area (Å²) in [5, 5.41) is 9.74. The van der Waals surface area contributed by atoms with Crippen molar-refractivity contribution in [3.05, 3.63) is 324 Å². The van der Waals surface area contributed by atoms with Crippen LogP contribution in [0.25, 0.3) is 109 Å². The van der Waals surface area contributed by atoms with Gasteiger partial charge in [-0.3, -0.25) is 4.79 Å². The molecule has 6 aliphatic rings. The second-order valence-electron chi connectivity index (χ2n) is 32.6. The summed E-state index contributed by atoms with van der Waals surface area (Å²) in [4.78, 5) is 51.4. The van der Waals surface area contributed by atoms with E-state index in [1.54, 1.807) is 0 Å². The molecular formula is C109H113N9O2. The number of rotatable bonds is 35. The molecular weight excluding hydrogens is 1470 g/mol. The van der Waals surface area contributed by atoms with Crippen LogP contribution in [0.1, 0.15) is 267 Å². The van der Waals surface area contributed by atoms with Gasteiger partial charge in [-0.15, -0.1) is 0 Å². The predicted octanol–water partition coefficient (Wildman–Crippen LogP) is 29.9. The van der Waals surface area contributed by atoms with Crippen molar-refractivity contribution >= 4 is 128 Å². The molecule has 5 aliphatic heterocycles. The normalized spacial score (nSPS) is 16.8. The number of fused-ring (bicyclic) bond motifs is 14. The number of H-pyrrole nitrogens is 3. The molecule has 606 valence electrons. The van der Waals surface area contributed by atoms with Gasteiger partial charge in [-0.2, -0.15) is 0 Å². The van der Waals surface area contributed by atoms with Crippen molar-refractivity contribution in [1.82, 2.24) is 24.9 Å². The molecule has 9 aromatic rings. The zero-order valence-electron chi connectivity index (χ0n) is 70.9. The second kappa shape index (κ2) is 39.8. The largest absolute Gasteiger partial charge is 0.486 e. The highest BCUT2D eigenvalue weighted by Gasteiger charge is 2.27. The van der Waals surface area contributed by atoms with Gasteiger partial charge in [0, 0.05) is 89.5 Å². The highest BCUT2D eigenvalue weighted by molar-refractivity contribution is 6.32. The Morgan fingerprint density at radius 3 is 1.21 bits per heavy atom. The summed E-state index contributed by atoms with van der Waals surface area (Å²) in [6.45, 7) is 21.2. The Morgan fingerprint density at radius 1 is 0.383 bits per heavy atom. The Bertz CT molecular complexity index is 5940. The van der Waals surface area contributed by atoms with Crippen LogP contribution in [0.2, 0.25) is 0 Å². The van der Waals surface area contributed by atoms with Crippen molar-refractivity contribution in [1.29, 1.82) is 0 Å². The topological polar surface area (TPSA) is 143 Å². The number of hydrogen-bond acceptors (Lipinski definition) is 6. The number of nitrogens with zero attached hydrogens (tertiary/aromatic N) is 6. The third-order valence-corrected chi connectivity index (χ3v) is 24.1. The molecule has 0 fully saturated rings. The van der Waals surface area contributed by atoms with Crippen LogP contribution in [-0.2, 0) is 24.1 Å². The fourth-order valence-corrected chi connectivity index (χ4v) is 17.4. The maximum atomic E-state index is 11.9. The number of aryl methyl sites for hydroxylation is 3. The summed E-state index contributed by atoms with van der Waals surface area (Å²) in [5.41, 5.74) is 36.9. The first kappa shape index (κ1) is 82.6. The van der Waals surface area contributed by atoms with Crippen molar-refractivity contribution in [2.24, 2.45) is 9.98 Å². The minimum atomic E-state index is -1.26. The number of allylic oxidation sites excluding steroid dienone is 12. The van der Waals surface area contributed by atoms with E-state index >= 15 is 0 Å². The molecule has 0 amide bonds. The molecule has 0 saturated heterocycles. The first-order valence-corrected chi connectivity index (χ1v) is 44.4. The monoisotopic (exact) mass is 1580 g/mol. The lowest BCUT2D eigenvalue weighted by molar-refractivity contribution is -0.132. The third-order valence-electron chi connectivity index (χ3n) is 24.1. The molecule has 9 heterocycles. The number of nitrogens with one attached hydrogen (secondary N) is 3. The Kier molecular flexibility index (Phi) is 27.4. The molecule has 1 aliphatic carbocycles. The van der Waals surface area contributed by atoms with Gasteiger partial charge < -0.3 is 25.0 Å². The summed E-state index contributed by atoms with van der Waals surface area (Å²) < 4.78 is 0. The lowest BCUT2D eigenvalue weighted by Crippen LogP contribution is -2.09. The van der Waals surface area contributed by atoms with Crippen LogP contribution in [-0.4, -0.2) is 47.4 Å². The van der Waals surface area contributed by atoms with Crippen molar-refractivity contribution in [3.63, 3.8) is 0 Å². The molecule has 0 saturated carbocycles. The fourth-order valence-electron chi connectivity index (χ4n) is 17.4. The number of aliphatic imine (C=N–C) groups is 2. The summed E-state index contributed by atoms with van der Waals surface area (Å²) in [7, 11) is 0. The van der Waals surface area contributed by atoms with E-state index in [1.165, 1.54) is 76.3 Å². The van der Waals surface area contributed by atoms with Crippen molar-refractivity contribution in [2.45, 2.75) is 202 Å². The zero-order valence-corrected chi connectivity index (χ0v) is 70.9. The number of aromatic amines is 3. The third kappa shape index (κ3) is 19.4. The zero-order chi connectivity index (χ0) is 82.7. The molecule has 16 bridgehead atoms.